The molecule has 4 fully saturated rings. The summed E-state index contributed by atoms with van der Waals surface area (Å²) < 4.78 is 23.8. The van der Waals surface area contributed by atoms with E-state index in [1.54, 1.807) is 0 Å². The van der Waals surface area contributed by atoms with E-state index in [-0.39, 0.29) is 29.4 Å². The number of hydrogen-bond acceptors (Lipinski definition) is 7. The van der Waals surface area contributed by atoms with Gasteiger partial charge >= 0.3 is 0 Å². The molecule has 9 heteroatoms. The zero-order valence-corrected chi connectivity index (χ0v) is 20.4. The molecule has 2 aromatic rings. The smallest absolute Gasteiger partial charge is 0.226 e. The van der Waals surface area contributed by atoms with Crippen LogP contribution in [0.3, 0.4) is 0 Å². The summed E-state index contributed by atoms with van der Waals surface area (Å²) >= 11 is 1.84. The van der Waals surface area contributed by atoms with Crippen LogP contribution >= 0.6 is 11.3 Å². The molecule has 0 spiro atoms. The van der Waals surface area contributed by atoms with Gasteiger partial charge in [0, 0.05) is 41.2 Å². The van der Waals surface area contributed by atoms with Crippen LogP contribution in [0.15, 0.2) is 24.5 Å². The van der Waals surface area contributed by atoms with Gasteiger partial charge < -0.3 is 9.80 Å². The molecular formula is C24H30N4O3S2. The van der Waals surface area contributed by atoms with Gasteiger partial charge in [0.25, 0.3) is 0 Å². The SMILES string of the molecule is O=C(C1CCS(=O)(=O)CC1)N1CCN(c2cnc(C3CC3)cn2)CC1c1ccc(C2CC2)s1. The van der Waals surface area contributed by atoms with Gasteiger partial charge in [0.2, 0.25) is 5.91 Å². The third-order valence-corrected chi connectivity index (χ3v) is 10.6. The van der Waals surface area contributed by atoms with Gasteiger partial charge in [-0.2, -0.15) is 0 Å². The number of nitrogens with zero attached hydrogens (tertiary/aromatic N) is 4. The maximum Gasteiger partial charge on any atom is 0.226 e. The molecule has 0 bridgehead atoms. The quantitative estimate of drug-likeness (QED) is 0.643. The molecular weight excluding hydrogens is 456 g/mol. The Hall–Kier alpha value is -2.00. The lowest BCUT2D eigenvalue weighted by Gasteiger charge is -2.43. The first-order valence-corrected chi connectivity index (χ1v) is 14.8. The van der Waals surface area contributed by atoms with Crippen LogP contribution in [0.25, 0.3) is 0 Å². The lowest BCUT2D eigenvalue weighted by molar-refractivity contribution is -0.138. The highest BCUT2D eigenvalue weighted by Crippen LogP contribution is 2.45. The second-order valence-electron chi connectivity index (χ2n) is 10.0. The highest BCUT2D eigenvalue weighted by Gasteiger charge is 2.39. The maximum absolute atomic E-state index is 13.6. The summed E-state index contributed by atoms with van der Waals surface area (Å²) in [7, 11) is -2.99. The van der Waals surface area contributed by atoms with Gasteiger partial charge in [-0.05, 0) is 56.6 Å². The predicted octanol–water partition coefficient (Wildman–Crippen LogP) is 3.51. The van der Waals surface area contributed by atoms with Crippen LogP contribution in [0.4, 0.5) is 5.82 Å². The molecule has 176 valence electrons. The van der Waals surface area contributed by atoms with E-state index in [0.29, 0.717) is 44.3 Å². The molecule has 2 saturated carbocycles. The molecule has 2 saturated heterocycles. The van der Waals surface area contributed by atoms with Crippen molar-refractivity contribution in [2.24, 2.45) is 5.92 Å². The van der Waals surface area contributed by atoms with Gasteiger partial charge in [-0.3, -0.25) is 9.78 Å². The highest BCUT2D eigenvalue weighted by atomic mass is 32.2. The van der Waals surface area contributed by atoms with Gasteiger partial charge in [0.15, 0.2) is 0 Å². The fourth-order valence-electron chi connectivity index (χ4n) is 5.09. The Balaban J connectivity index is 1.23. The van der Waals surface area contributed by atoms with Crippen LogP contribution in [-0.2, 0) is 14.6 Å². The second kappa shape index (κ2) is 8.34. The Kier molecular flexibility index (Phi) is 5.44. The van der Waals surface area contributed by atoms with E-state index in [4.69, 9.17) is 4.98 Å². The normalized spacial score (nSPS) is 25.9. The molecule has 0 aromatic carbocycles. The number of carbonyl (C=O) groups is 1. The number of aromatic nitrogens is 2. The third kappa shape index (κ3) is 4.54. The minimum Gasteiger partial charge on any atom is -0.351 e. The molecule has 33 heavy (non-hydrogen) atoms. The summed E-state index contributed by atoms with van der Waals surface area (Å²) in [4.78, 5) is 29.8. The first kappa shape index (κ1) is 21.5. The van der Waals surface area contributed by atoms with E-state index in [1.165, 1.54) is 35.4 Å². The van der Waals surface area contributed by atoms with E-state index in [2.05, 4.69) is 22.0 Å². The molecule has 6 rings (SSSR count). The van der Waals surface area contributed by atoms with Gasteiger partial charge in [0.1, 0.15) is 15.7 Å². The Morgan fingerprint density at radius 3 is 2.30 bits per heavy atom. The number of anilines is 1. The van der Waals surface area contributed by atoms with E-state index in [9.17, 15) is 13.2 Å². The van der Waals surface area contributed by atoms with Crippen molar-refractivity contribution in [1.29, 1.82) is 0 Å². The van der Waals surface area contributed by atoms with Crippen LogP contribution in [0.5, 0.6) is 0 Å². The molecule has 7 nitrogen and oxygen atoms in total. The van der Waals surface area contributed by atoms with Crippen molar-refractivity contribution in [1.82, 2.24) is 14.9 Å². The van der Waals surface area contributed by atoms with E-state index in [0.717, 1.165) is 11.5 Å². The van der Waals surface area contributed by atoms with E-state index >= 15 is 0 Å². The van der Waals surface area contributed by atoms with Crippen molar-refractivity contribution in [3.05, 3.63) is 40.0 Å². The van der Waals surface area contributed by atoms with Crippen LogP contribution in [-0.4, -0.2) is 60.3 Å². The van der Waals surface area contributed by atoms with Crippen molar-refractivity contribution in [3.8, 4) is 0 Å². The Morgan fingerprint density at radius 1 is 0.909 bits per heavy atom. The van der Waals surface area contributed by atoms with Crippen LogP contribution < -0.4 is 4.90 Å². The lowest BCUT2D eigenvalue weighted by Crippen LogP contribution is -2.53. The fraction of sp³-hybridized carbons (Fsp3) is 0.625. The summed E-state index contributed by atoms with van der Waals surface area (Å²) in [5.74, 6) is 2.33. The summed E-state index contributed by atoms with van der Waals surface area (Å²) in [5, 5.41) is 0. The van der Waals surface area contributed by atoms with Crippen LogP contribution in [0.2, 0.25) is 0 Å². The van der Waals surface area contributed by atoms with Gasteiger partial charge in [-0.25, -0.2) is 13.4 Å². The number of hydrogen-bond donors (Lipinski definition) is 0. The van der Waals surface area contributed by atoms with Gasteiger partial charge in [0.05, 0.1) is 35.6 Å². The molecule has 4 heterocycles. The topological polar surface area (TPSA) is 83.5 Å². The fourth-order valence-corrected chi connectivity index (χ4v) is 7.86. The number of piperazine rings is 1. The summed E-state index contributed by atoms with van der Waals surface area (Å²) in [6.45, 7) is 2.03. The molecule has 1 atom stereocenters. The first-order chi connectivity index (χ1) is 16.0. The second-order valence-corrected chi connectivity index (χ2v) is 13.5. The number of rotatable bonds is 5. The summed E-state index contributed by atoms with van der Waals surface area (Å²) in [5.41, 5.74) is 1.09. The molecule has 2 aliphatic heterocycles. The van der Waals surface area contributed by atoms with Crippen molar-refractivity contribution in [3.63, 3.8) is 0 Å². The Labute approximate surface area is 199 Å². The molecule has 0 radical (unpaired) electrons. The van der Waals surface area contributed by atoms with E-state index < -0.39 is 9.84 Å². The highest BCUT2D eigenvalue weighted by molar-refractivity contribution is 7.91. The third-order valence-electron chi connectivity index (χ3n) is 7.50. The molecule has 2 aromatic heterocycles. The monoisotopic (exact) mass is 486 g/mol. The van der Waals surface area contributed by atoms with Crippen molar-refractivity contribution < 1.29 is 13.2 Å². The lowest BCUT2D eigenvalue weighted by atomic mass is 9.98. The molecule has 1 amide bonds. The average Bonchev–Trinajstić information content (AvgIpc) is 3.77. The number of carbonyl (C=O) groups excluding carboxylic acids is 1. The maximum atomic E-state index is 13.6. The summed E-state index contributed by atoms with van der Waals surface area (Å²) in [6, 6.07) is 4.39. The Bertz CT molecular complexity index is 1120. The van der Waals surface area contributed by atoms with Crippen molar-refractivity contribution in [2.45, 2.75) is 56.4 Å². The number of amides is 1. The summed E-state index contributed by atoms with van der Waals surface area (Å²) in [6.07, 6.45) is 9.64. The zero-order valence-electron chi connectivity index (χ0n) is 18.7. The van der Waals surface area contributed by atoms with Crippen molar-refractivity contribution in [2.75, 3.05) is 36.0 Å². The molecule has 4 aliphatic rings. The van der Waals surface area contributed by atoms with E-state index in [1.807, 2.05) is 28.6 Å². The average molecular weight is 487 g/mol. The predicted molar refractivity (Wildman–Crippen MR) is 128 cm³/mol. The molecule has 1 unspecified atom stereocenters. The molecule has 2 aliphatic carbocycles. The van der Waals surface area contributed by atoms with Crippen molar-refractivity contribution >= 4 is 32.9 Å². The van der Waals surface area contributed by atoms with Crippen LogP contribution in [0.1, 0.15) is 71.9 Å². The minimum atomic E-state index is -2.99. The van der Waals surface area contributed by atoms with Crippen LogP contribution in [0, 0.1) is 5.92 Å². The van der Waals surface area contributed by atoms with Gasteiger partial charge in [-0.15, -0.1) is 11.3 Å². The zero-order chi connectivity index (χ0) is 22.6. The number of thiophene rings is 1. The Morgan fingerprint density at radius 2 is 1.64 bits per heavy atom. The van der Waals surface area contributed by atoms with Gasteiger partial charge in [-0.1, -0.05) is 0 Å². The minimum absolute atomic E-state index is 0.0350. The standard InChI is InChI=1S/C24H30N4O3S2/c29-24(18-7-11-33(30,31)12-8-18)28-10-9-27(23-14-25-19(13-26-23)16-1-2-16)15-20(28)22-6-5-21(32-22)17-3-4-17/h5-6,13-14,16-18,20H,1-4,7-12,15H2. The number of sulfone groups is 1. The first-order valence-electron chi connectivity index (χ1n) is 12.1. The largest absolute Gasteiger partial charge is 0.351 e. The molecule has 0 N–H and O–H groups in total.